The van der Waals surface area contributed by atoms with Gasteiger partial charge >= 0.3 is 0 Å². The zero-order chi connectivity index (χ0) is 11.3. The highest BCUT2D eigenvalue weighted by Gasteiger charge is 2.06. The topological polar surface area (TPSA) is 49.9 Å². The molecule has 0 heterocycles. The Morgan fingerprint density at radius 2 is 2.20 bits per heavy atom. The number of rotatable bonds is 5. The first-order valence-electron chi connectivity index (χ1n) is 4.77. The molecule has 0 saturated heterocycles. The maximum atomic E-state index is 7.19. The summed E-state index contributed by atoms with van der Waals surface area (Å²) in [6.07, 6.45) is 0.634. The van der Waals surface area contributed by atoms with Gasteiger partial charge in [-0.25, -0.2) is 0 Å². The van der Waals surface area contributed by atoms with Crippen molar-refractivity contribution in [1.82, 2.24) is 0 Å². The number of hydrogen-bond acceptors (Lipinski definition) is 2. The number of halogens is 1. The van der Waals surface area contributed by atoms with Gasteiger partial charge in [0, 0.05) is 22.4 Å². The van der Waals surface area contributed by atoms with Crippen molar-refractivity contribution in [2.24, 2.45) is 5.73 Å². The number of nitrogens with one attached hydrogen (secondary N) is 1. The van der Waals surface area contributed by atoms with Crippen molar-refractivity contribution < 1.29 is 0 Å². The van der Waals surface area contributed by atoms with E-state index < -0.39 is 0 Å². The molecule has 0 fully saturated rings. The summed E-state index contributed by atoms with van der Waals surface area (Å²) in [5.41, 5.74) is 6.47. The van der Waals surface area contributed by atoms with E-state index in [4.69, 9.17) is 22.7 Å². The Labute approximate surface area is 99.7 Å². The van der Waals surface area contributed by atoms with Gasteiger partial charge in [0.1, 0.15) is 0 Å². The first-order chi connectivity index (χ1) is 7.09. The van der Waals surface area contributed by atoms with Crippen molar-refractivity contribution in [3.05, 3.63) is 34.9 Å². The molecular weight excluding hydrogens is 228 g/mol. The summed E-state index contributed by atoms with van der Waals surface area (Å²) < 4.78 is 0. The maximum Gasteiger partial charge on any atom is 0.0916 e. The molecule has 0 amide bonds. The Balaban J connectivity index is 2.43. The summed E-state index contributed by atoms with van der Waals surface area (Å²) in [6.45, 7) is 2.07. The van der Waals surface area contributed by atoms with Gasteiger partial charge in [0.25, 0.3) is 0 Å². The second kappa shape index (κ2) is 6.03. The summed E-state index contributed by atoms with van der Waals surface area (Å²) in [4.78, 5) is 0. The number of benzene rings is 1. The van der Waals surface area contributed by atoms with E-state index in [9.17, 15) is 0 Å². The third-order valence-electron chi connectivity index (χ3n) is 1.99. The zero-order valence-corrected chi connectivity index (χ0v) is 10.2. The van der Waals surface area contributed by atoms with E-state index in [2.05, 4.69) is 6.92 Å². The summed E-state index contributed by atoms with van der Waals surface area (Å²) in [7, 11) is 0. The van der Waals surface area contributed by atoms with Crippen LogP contribution in [0.3, 0.4) is 0 Å². The smallest absolute Gasteiger partial charge is 0.0916 e. The van der Waals surface area contributed by atoms with Crippen LogP contribution in [0.15, 0.2) is 24.3 Å². The minimum atomic E-state index is 0.245. The quantitative estimate of drug-likeness (QED) is 0.615. The van der Waals surface area contributed by atoms with E-state index in [-0.39, 0.29) is 5.84 Å². The number of nitrogens with two attached hydrogens (primary N) is 1. The van der Waals surface area contributed by atoms with E-state index in [1.165, 1.54) is 0 Å². The standard InChI is InChI=1S/C11H15ClN2S/c1-8(6-11(13)14)15-7-9-4-2-3-5-10(9)12/h2-5,8H,6-7H2,1H3,(H3,13,14). The summed E-state index contributed by atoms with van der Waals surface area (Å²) in [5, 5.41) is 8.35. The van der Waals surface area contributed by atoms with E-state index in [1.807, 2.05) is 24.3 Å². The highest BCUT2D eigenvalue weighted by molar-refractivity contribution is 7.99. The van der Waals surface area contributed by atoms with Crippen LogP contribution in [0.4, 0.5) is 0 Å². The molecule has 0 spiro atoms. The molecule has 0 aromatic heterocycles. The van der Waals surface area contributed by atoms with Crippen LogP contribution in [0.1, 0.15) is 18.9 Å². The molecule has 1 rings (SSSR count). The van der Waals surface area contributed by atoms with E-state index in [0.29, 0.717) is 11.7 Å². The molecule has 15 heavy (non-hydrogen) atoms. The van der Waals surface area contributed by atoms with Gasteiger partial charge in [-0.2, -0.15) is 11.8 Å². The number of hydrogen-bond donors (Lipinski definition) is 2. The highest BCUT2D eigenvalue weighted by atomic mass is 35.5. The average molecular weight is 243 g/mol. The van der Waals surface area contributed by atoms with E-state index in [1.54, 1.807) is 11.8 Å². The van der Waals surface area contributed by atoms with Crippen LogP contribution in [0.25, 0.3) is 0 Å². The molecule has 82 valence electrons. The van der Waals surface area contributed by atoms with Crippen LogP contribution in [0.5, 0.6) is 0 Å². The zero-order valence-electron chi connectivity index (χ0n) is 8.66. The molecule has 0 aliphatic carbocycles. The average Bonchev–Trinajstić information content (AvgIpc) is 2.15. The molecular formula is C11H15ClN2S. The van der Waals surface area contributed by atoms with Crippen LogP contribution in [0, 0.1) is 5.41 Å². The van der Waals surface area contributed by atoms with Crippen molar-refractivity contribution in [2.45, 2.75) is 24.3 Å². The van der Waals surface area contributed by atoms with Gasteiger partial charge in [-0.1, -0.05) is 36.7 Å². The minimum Gasteiger partial charge on any atom is -0.388 e. The molecule has 2 nitrogen and oxygen atoms in total. The second-order valence-electron chi connectivity index (χ2n) is 3.44. The normalized spacial score (nSPS) is 12.4. The van der Waals surface area contributed by atoms with Crippen LogP contribution in [0.2, 0.25) is 5.02 Å². The van der Waals surface area contributed by atoms with Crippen molar-refractivity contribution >= 4 is 29.2 Å². The molecule has 0 radical (unpaired) electrons. The van der Waals surface area contributed by atoms with Gasteiger partial charge in [-0.3, -0.25) is 5.41 Å². The molecule has 4 heteroatoms. The van der Waals surface area contributed by atoms with Gasteiger partial charge in [0.15, 0.2) is 0 Å². The van der Waals surface area contributed by atoms with E-state index in [0.717, 1.165) is 16.3 Å². The fourth-order valence-corrected chi connectivity index (χ4v) is 2.51. The van der Waals surface area contributed by atoms with Crippen molar-refractivity contribution in [2.75, 3.05) is 0 Å². The van der Waals surface area contributed by atoms with Crippen LogP contribution < -0.4 is 5.73 Å². The maximum absolute atomic E-state index is 7.19. The monoisotopic (exact) mass is 242 g/mol. The fraction of sp³-hybridized carbons (Fsp3) is 0.364. The van der Waals surface area contributed by atoms with Crippen LogP contribution >= 0.6 is 23.4 Å². The third-order valence-corrected chi connectivity index (χ3v) is 3.57. The van der Waals surface area contributed by atoms with Gasteiger partial charge in [0.2, 0.25) is 0 Å². The van der Waals surface area contributed by atoms with Gasteiger partial charge < -0.3 is 5.73 Å². The third kappa shape index (κ3) is 4.58. The number of thioether (sulfide) groups is 1. The molecule has 0 aliphatic heterocycles. The lowest BCUT2D eigenvalue weighted by Gasteiger charge is -2.10. The second-order valence-corrected chi connectivity index (χ2v) is 5.28. The van der Waals surface area contributed by atoms with Crippen molar-refractivity contribution in [3.63, 3.8) is 0 Å². The van der Waals surface area contributed by atoms with Crippen molar-refractivity contribution in [3.8, 4) is 0 Å². The molecule has 1 atom stereocenters. The summed E-state index contributed by atoms with van der Waals surface area (Å²) >= 11 is 7.80. The molecule has 1 unspecified atom stereocenters. The van der Waals surface area contributed by atoms with E-state index >= 15 is 0 Å². The van der Waals surface area contributed by atoms with Gasteiger partial charge in [-0.15, -0.1) is 0 Å². The lowest BCUT2D eigenvalue weighted by Crippen LogP contribution is -2.15. The molecule has 3 N–H and O–H groups in total. The first-order valence-corrected chi connectivity index (χ1v) is 6.20. The molecule has 1 aromatic rings. The minimum absolute atomic E-state index is 0.245. The van der Waals surface area contributed by atoms with Crippen molar-refractivity contribution in [1.29, 1.82) is 5.41 Å². The fourth-order valence-electron chi connectivity index (χ4n) is 1.22. The number of amidine groups is 1. The Hall–Kier alpha value is -0.670. The largest absolute Gasteiger partial charge is 0.388 e. The Kier molecular flexibility index (Phi) is 4.99. The van der Waals surface area contributed by atoms with Crippen LogP contribution in [-0.2, 0) is 5.75 Å². The van der Waals surface area contributed by atoms with Gasteiger partial charge in [0.05, 0.1) is 5.84 Å². The Bertz CT molecular complexity index is 341. The molecule has 0 aliphatic rings. The summed E-state index contributed by atoms with van der Waals surface area (Å²) in [5.74, 6) is 1.11. The highest BCUT2D eigenvalue weighted by Crippen LogP contribution is 2.24. The molecule has 0 bridgehead atoms. The SMILES string of the molecule is CC(CC(=N)N)SCc1ccccc1Cl. The lowest BCUT2D eigenvalue weighted by atomic mass is 10.2. The first kappa shape index (κ1) is 12.4. The Morgan fingerprint density at radius 1 is 1.53 bits per heavy atom. The predicted octanol–water partition coefficient (Wildman–Crippen LogP) is 3.29. The van der Waals surface area contributed by atoms with Gasteiger partial charge in [-0.05, 0) is 11.6 Å². The lowest BCUT2D eigenvalue weighted by molar-refractivity contribution is 0.995. The molecule has 1 aromatic carbocycles. The van der Waals surface area contributed by atoms with Crippen LogP contribution in [-0.4, -0.2) is 11.1 Å². The summed E-state index contributed by atoms with van der Waals surface area (Å²) in [6, 6.07) is 7.83. The molecule has 0 saturated carbocycles. The Morgan fingerprint density at radius 3 is 2.80 bits per heavy atom. The predicted molar refractivity (Wildman–Crippen MR) is 68.7 cm³/mol.